The first-order valence-electron chi connectivity index (χ1n) is 7.16. The average Bonchev–Trinajstić information content (AvgIpc) is 2.61. The minimum atomic E-state index is -0.504. The molecule has 0 aliphatic carbocycles. The van der Waals surface area contributed by atoms with Gasteiger partial charge in [-0.25, -0.2) is 4.79 Å². The van der Waals surface area contributed by atoms with Crippen LogP contribution < -0.4 is 15.4 Å². The number of para-hydroxylation sites is 1. The normalized spacial score (nSPS) is 9.84. The highest BCUT2D eigenvalue weighted by molar-refractivity contribution is 9.10. The van der Waals surface area contributed by atoms with E-state index in [9.17, 15) is 9.59 Å². The van der Waals surface area contributed by atoms with E-state index in [1.165, 1.54) is 7.11 Å². The van der Waals surface area contributed by atoms with Gasteiger partial charge >= 0.3 is 5.97 Å². The van der Waals surface area contributed by atoms with Crippen LogP contribution in [0.2, 0.25) is 0 Å². The molecule has 2 N–H and O–H groups in total. The summed E-state index contributed by atoms with van der Waals surface area (Å²) in [5, 5.41) is 5.34. The first-order chi connectivity index (χ1) is 12.0. The van der Waals surface area contributed by atoms with Gasteiger partial charge in [0.1, 0.15) is 5.75 Å². The number of carbonyl (C=O) groups excluding carboxylic acids is 2. The summed E-state index contributed by atoms with van der Waals surface area (Å²) in [7, 11) is 1.29. The molecule has 0 spiro atoms. The van der Waals surface area contributed by atoms with Gasteiger partial charge in [-0.15, -0.1) is 0 Å². The van der Waals surface area contributed by atoms with E-state index in [4.69, 9.17) is 21.7 Å². The van der Waals surface area contributed by atoms with Gasteiger partial charge in [-0.05, 0) is 48.6 Å². The van der Waals surface area contributed by atoms with Crippen LogP contribution >= 0.6 is 28.1 Å². The van der Waals surface area contributed by atoms with Crippen LogP contribution in [-0.4, -0.2) is 30.7 Å². The summed E-state index contributed by atoms with van der Waals surface area (Å²) in [6.45, 7) is -0.192. The van der Waals surface area contributed by atoms with E-state index in [-0.39, 0.29) is 11.7 Å². The lowest BCUT2D eigenvalue weighted by Crippen LogP contribution is -2.37. The lowest BCUT2D eigenvalue weighted by atomic mass is 10.2. The van der Waals surface area contributed by atoms with Gasteiger partial charge in [0, 0.05) is 4.47 Å². The Hall–Kier alpha value is -2.45. The van der Waals surface area contributed by atoms with Gasteiger partial charge in [0.25, 0.3) is 5.91 Å². The van der Waals surface area contributed by atoms with E-state index < -0.39 is 11.9 Å². The highest BCUT2D eigenvalue weighted by atomic mass is 79.9. The number of amides is 1. The van der Waals surface area contributed by atoms with Crippen molar-refractivity contribution in [1.29, 1.82) is 0 Å². The van der Waals surface area contributed by atoms with E-state index in [1.54, 1.807) is 36.4 Å². The van der Waals surface area contributed by atoms with Crippen molar-refractivity contribution in [3.63, 3.8) is 0 Å². The fraction of sp³-hybridized carbons (Fsp3) is 0.118. The molecule has 0 aliphatic heterocycles. The molecule has 8 heteroatoms. The van der Waals surface area contributed by atoms with Gasteiger partial charge in [0.2, 0.25) is 0 Å². The number of thiocarbonyl (C=S) groups is 1. The SMILES string of the molecule is COC(=O)c1ccccc1NC(=S)NC(=O)COc1ccc(Br)cc1. The predicted molar refractivity (Wildman–Crippen MR) is 102 cm³/mol. The maximum atomic E-state index is 11.9. The summed E-state index contributed by atoms with van der Waals surface area (Å²) in [4.78, 5) is 23.6. The predicted octanol–water partition coefficient (Wildman–Crippen LogP) is 3.13. The Morgan fingerprint density at radius 3 is 2.48 bits per heavy atom. The summed E-state index contributed by atoms with van der Waals surface area (Å²) in [5.74, 6) is -0.361. The minimum absolute atomic E-state index is 0.0563. The second-order valence-electron chi connectivity index (χ2n) is 4.78. The van der Waals surface area contributed by atoms with Crippen LogP contribution in [0.1, 0.15) is 10.4 Å². The third-order valence-corrected chi connectivity index (χ3v) is 3.75. The van der Waals surface area contributed by atoms with Crippen molar-refractivity contribution in [2.24, 2.45) is 0 Å². The smallest absolute Gasteiger partial charge is 0.339 e. The largest absolute Gasteiger partial charge is 0.484 e. The lowest BCUT2D eigenvalue weighted by Gasteiger charge is -2.12. The molecule has 0 aromatic heterocycles. The van der Waals surface area contributed by atoms with Gasteiger partial charge in [-0.1, -0.05) is 28.1 Å². The maximum absolute atomic E-state index is 11.9. The van der Waals surface area contributed by atoms with Crippen LogP contribution in [0.5, 0.6) is 5.75 Å². The quantitative estimate of drug-likeness (QED) is 0.569. The molecular weight excluding hydrogens is 408 g/mol. The Morgan fingerprint density at radius 2 is 1.80 bits per heavy atom. The Balaban J connectivity index is 1.88. The number of nitrogens with one attached hydrogen (secondary N) is 2. The molecule has 0 atom stereocenters. The van der Waals surface area contributed by atoms with Crippen LogP contribution in [0.4, 0.5) is 5.69 Å². The van der Waals surface area contributed by atoms with E-state index in [0.717, 1.165) is 4.47 Å². The molecule has 0 fully saturated rings. The molecule has 0 unspecified atom stereocenters. The van der Waals surface area contributed by atoms with Crippen molar-refractivity contribution in [1.82, 2.24) is 5.32 Å². The Labute approximate surface area is 158 Å². The van der Waals surface area contributed by atoms with Gasteiger partial charge in [-0.3, -0.25) is 10.1 Å². The zero-order chi connectivity index (χ0) is 18.2. The number of carbonyl (C=O) groups is 2. The average molecular weight is 423 g/mol. The summed E-state index contributed by atoms with van der Waals surface area (Å²) < 4.78 is 11.0. The van der Waals surface area contributed by atoms with Crippen molar-refractivity contribution in [3.8, 4) is 5.75 Å². The summed E-state index contributed by atoms with van der Waals surface area (Å²) >= 11 is 8.40. The number of hydrogen-bond donors (Lipinski definition) is 2. The van der Waals surface area contributed by atoms with Crippen LogP contribution in [0.25, 0.3) is 0 Å². The molecule has 2 aromatic carbocycles. The molecule has 0 saturated carbocycles. The highest BCUT2D eigenvalue weighted by Crippen LogP contribution is 2.17. The number of ether oxygens (including phenoxy) is 2. The van der Waals surface area contributed by atoms with Gasteiger partial charge in [-0.2, -0.15) is 0 Å². The monoisotopic (exact) mass is 422 g/mol. The van der Waals surface area contributed by atoms with E-state index in [1.807, 2.05) is 12.1 Å². The van der Waals surface area contributed by atoms with E-state index >= 15 is 0 Å². The third kappa shape index (κ3) is 5.84. The van der Waals surface area contributed by atoms with Gasteiger partial charge < -0.3 is 14.8 Å². The van der Waals surface area contributed by atoms with Crippen LogP contribution in [-0.2, 0) is 9.53 Å². The third-order valence-electron chi connectivity index (χ3n) is 3.02. The Bertz CT molecular complexity index is 780. The summed E-state index contributed by atoms with van der Waals surface area (Å²) in [6, 6.07) is 13.8. The number of rotatable bonds is 5. The van der Waals surface area contributed by atoms with Crippen molar-refractivity contribution >= 4 is 50.8 Å². The second-order valence-corrected chi connectivity index (χ2v) is 6.11. The lowest BCUT2D eigenvalue weighted by molar-refractivity contribution is -0.121. The molecule has 0 saturated heterocycles. The summed E-state index contributed by atoms with van der Waals surface area (Å²) in [6.07, 6.45) is 0. The molecule has 2 rings (SSSR count). The molecule has 0 radical (unpaired) electrons. The summed E-state index contributed by atoms with van der Waals surface area (Å²) in [5.41, 5.74) is 0.751. The molecule has 6 nitrogen and oxygen atoms in total. The maximum Gasteiger partial charge on any atom is 0.339 e. The number of benzene rings is 2. The van der Waals surface area contributed by atoms with Crippen molar-refractivity contribution < 1.29 is 19.1 Å². The number of methoxy groups -OCH3 is 1. The molecule has 2 aromatic rings. The van der Waals surface area contributed by atoms with Crippen LogP contribution in [0.15, 0.2) is 53.0 Å². The molecule has 0 bridgehead atoms. The number of hydrogen-bond acceptors (Lipinski definition) is 5. The zero-order valence-corrected chi connectivity index (χ0v) is 15.6. The van der Waals surface area contributed by atoms with Crippen molar-refractivity contribution in [3.05, 3.63) is 58.6 Å². The minimum Gasteiger partial charge on any atom is -0.484 e. The first-order valence-corrected chi connectivity index (χ1v) is 8.36. The fourth-order valence-corrected chi connectivity index (χ4v) is 2.36. The zero-order valence-electron chi connectivity index (χ0n) is 13.2. The number of anilines is 1. The second kappa shape index (κ2) is 9.14. The molecule has 130 valence electrons. The Kier molecular flexibility index (Phi) is 6.91. The molecule has 1 amide bonds. The molecule has 0 aliphatic rings. The Morgan fingerprint density at radius 1 is 1.12 bits per heavy atom. The highest BCUT2D eigenvalue weighted by Gasteiger charge is 2.13. The standard InChI is InChI=1S/C17H15BrN2O4S/c1-23-16(22)13-4-2-3-5-14(13)19-17(25)20-15(21)10-24-12-8-6-11(18)7-9-12/h2-9H,10H2,1H3,(H2,19,20,21,25). The molecule has 25 heavy (non-hydrogen) atoms. The van der Waals surface area contributed by atoms with E-state index in [0.29, 0.717) is 17.0 Å². The van der Waals surface area contributed by atoms with Crippen molar-refractivity contribution in [2.45, 2.75) is 0 Å². The first kappa shape index (κ1) is 18.9. The fourth-order valence-electron chi connectivity index (χ4n) is 1.88. The number of halogens is 1. The van der Waals surface area contributed by atoms with Gasteiger partial charge in [0.15, 0.2) is 11.7 Å². The van der Waals surface area contributed by atoms with Gasteiger partial charge in [0.05, 0.1) is 18.4 Å². The molecule has 0 heterocycles. The molecular formula is C17H15BrN2O4S. The van der Waals surface area contributed by atoms with Crippen LogP contribution in [0, 0.1) is 0 Å². The van der Waals surface area contributed by atoms with E-state index in [2.05, 4.69) is 26.6 Å². The number of esters is 1. The van der Waals surface area contributed by atoms with Crippen molar-refractivity contribution in [2.75, 3.05) is 19.0 Å². The topological polar surface area (TPSA) is 76.7 Å². The van der Waals surface area contributed by atoms with Crippen LogP contribution in [0.3, 0.4) is 0 Å².